The number of likely N-dealkylation sites (tertiary alicyclic amines) is 1. The Morgan fingerprint density at radius 2 is 2.17 bits per heavy atom. The average molecular weight is 256 g/mol. The van der Waals surface area contributed by atoms with Crippen molar-refractivity contribution in [3.8, 4) is 0 Å². The van der Waals surface area contributed by atoms with Gasteiger partial charge in [-0.15, -0.1) is 0 Å². The number of hydrogen-bond donors (Lipinski definition) is 2. The first-order valence-electron chi connectivity index (χ1n) is 7.66. The minimum absolute atomic E-state index is 0.526. The highest BCUT2D eigenvalue weighted by Crippen LogP contribution is 2.22. The molecule has 0 aliphatic carbocycles. The van der Waals surface area contributed by atoms with E-state index >= 15 is 0 Å². The maximum Gasteiger partial charge on any atom is 0.0743 e. The third-order valence-electron chi connectivity index (χ3n) is 4.29. The lowest BCUT2D eigenvalue weighted by molar-refractivity contribution is 0.00164. The fraction of sp³-hybridized carbons (Fsp3) is 1.00. The maximum atomic E-state index is 10.2. The second kappa shape index (κ2) is 7.46. The van der Waals surface area contributed by atoms with Crippen LogP contribution in [0, 0.1) is 5.92 Å². The van der Waals surface area contributed by atoms with Crippen LogP contribution in [0.4, 0.5) is 0 Å². The second-order valence-electron chi connectivity index (χ2n) is 6.23. The van der Waals surface area contributed by atoms with E-state index in [1.165, 1.54) is 19.3 Å². The molecule has 3 unspecified atom stereocenters. The topological polar surface area (TPSA) is 35.5 Å². The Labute approximate surface area is 113 Å². The number of aliphatic hydroxyl groups is 1. The number of nitrogens with one attached hydrogen (secondary N) is 1. The van der Waals surface area contributed by atoms with Gasteiger partial charge in [-0.2, -0.15) is 0 Å². The highest BCUT2D eigenvalue weighted by atomic mass is 16.3. The molecule has 1 heterocycles. The van der Waals surface area contributed by atoms with Gasteiger partial charge in [-0.1, -0.05) is 13.8 Å². The smallest absolute Gasteiger partial charge is 0.0743 e. The molecule has 1 aliphatic heterocycles. The summed E-state index contributed by atoms with van der Waals surface area (Å²) in [6.45, 7) is 12.8. The number of rotatable bonds is 7. The summed E-state index contributed by atoms with van der Waals surface area (Å²) in [5.41, 5.74) is -0.526. The normalized spacial score (nSPS) is 26.8. The third kappa shape index (κ3) is 5.25. The van der Waals surface area contributed by atoms with Crippen molar-refractivity contribution in [2.75, 3.05) is 26.2 Å². The molecule has 0 saturated carbocycles. The van der Waals surface area contributed by atoms with Crippen LogP contribution < -0.4 is 5.32 Å². The molecule has 0 amide bonds. The fourth-order valence-corrected chi connectivity index (χ4v) is 2.78. The van der Waals surface area contributed by atoms with E-state index in [0.29, 0.717) is 6.04 Å². The lowest BCUT2D eigenvalue weighted by Gasteiger charge is -2.39. The van der Waals surface area contributed by atoms with Crippen LogP contribution in [0.25, 0.3) is 0 Å². The predicted octanol–water partition coefficient (Wildman–Crippen LogP) is 2.25. The van der Waals surface area contributed by atoms with E-state index in [9.17, 15) is 5.11 Å². The summed E-state index contributed by atoms with van der Waals surface area (Å²) < 4.78 is 0. The first-order chi connectivity index (χ1) is 8.48. The molecule has 108 valence electrons. The van der Waals surface area contributed by atoms with E-state index < -0.39 is 5.60 Å². The van der Waals surface area contributed by atoms with Crippen LogP contribution in [0.15, 0.2) is 0 Å². The maximum absolute atomic E-state index is 10.2. The van der Waals surface area contributed by atoms with Gasteiger partial charge >= 0.3 is 0 Å². The molecule has 1 fully saturated rings. The van der Waals surface area contributed by atoms with Gasteiger partial charge in [-0.3, -0.25) is 0 Å². The summed E-state index contributed by atoms with van der Waals surface area (Å²) in [6.07, 6.45) is 4.62. The second-order valence-corrected chi connectivity index (χ2v) is 6.23. The van der Waals surface area contributed by atoms with Crippen LogP contribution in [0.1, 0.15) is 53.4 Å². The van der Waals surface area contributed by atoms with E-state index in [2.05, 4.69) is 31.0 Å². The number of piperidine rings is 1. The number of β-amino-alcohol motifs (C(OH)–C–C–N with tert-alkyl or cyclic N) is 1. The predicted molar refractivity (Wildman–Crippen MR) is 77.8 cm³/mol. The summed E-state index contributed by atoms with van der Waals surface area (Å²) in [7, 11) is 0. The molecule has 0 spiro atoms. The van der Waals surface area contributed by atoms with Crippen LogP contribution in [-0.4, -0.2) is 47.8 Å². The van der Waals surface area contributed by atoms with Crippen LogP contribution in [-0.2, 0) is 0 Å². The van der Waals surface area contributed by atoms with E-state index in [0.717, 1.165) is 38.5 Å². The van der Waals surface area contributed by atoms with Crippen molar-refractivity contribution in [3.05, 3.63) is 0 Å². The van der Waals surface area contributed by atoms with Crippen molar-refractivity contribution < 1.29 is 5.11 Å². The fourth-order valence-electron chi connectivity index (χ4n) is 2.78. The van der Waals surface area contributed by atoms with E-state index in [1.54, 1.807) is 0 Å². The quantitative estimate of drug-likeness (QED) is 0.733. The SMILES string of the molecule is CCCNC(C)C1CCCN(CC(C)(O)CC)C1. The van der Waals surface area contributed by atoms with Crippen molar-refractivity contribution in [1.29, 1.82) is 0 Å². The molecule has 3 nitrogen and oxygen atoms in total. The van der Waals surface area contributed by atoms with Crippen LogP contribution in [0.2, 0.25) is 0 Å². The Bertz CT molecular complexity index is 231. The van der Waals surface area contributed by atoms with Crippen LogP contribution in [0.3, 0.4) is 0 Å². The van der Waals surface area contributed by atoms with Gasteiger partial charge in [0.15, 0.2) is 0 Å². The van der Waals surface area contributed by atoms with Crippen molar-refractivity contribution in [1.82, 2.24) is 10.2 Å². The van der Waals surface area contributed by atoms with E-state index in [-0.39, 0.29) is 0 Å². The van der Waals surface area contributed by atoms with Gasteiger partial charge in [0, 0.05) is 19.1 Å². The Morgan fingerprint density at radius 3 is 2.78 bits per heavy atom. The van der Waals surface area contributed by atoms with Gasteiger partial charge in [0.1, 0.15) is 0 Å². The Hall–Kier alpha value is -0.120. The number of hydrogen-bond acceptors (Lipinski definition) is 3. The zero-order valence-corrected chi connectivity index (χ0v) is 12.7. The molecule has 0 aromatic rings. The lowest BCUT2D eigenvalue weighted by atomic mass is 9.90. The zero-order valence-electron chi connectivity index (χ0n) is 12.7. The summed E-state index contributed by atoms with van der Waals surface area (Å²) in [4.78, 5) is 2.45. The minimum atomic E-state index is -0.526. The molecule has 1 rings (SSSR count). The molecule has 3 atom stereocenters. The van der Waals surface area contributed by atoms with Crippen LogP contribution in [0.5, 0.6) is 0 Å². The molecule has 0 bridgehead atoms. The van der Waals surface area contributed by atoms with Gasteiger partial charge in [0.05, 0.1) is 5.60 Å². The molecule has 2 N–H and O–H groups in total. The molecule has 1 aliphatic rings. The van der Waals surface area contributed by atoms with Gasteiger partial charge in [0.2, 0.25) is 0 Å². The molecule has 0 radical (unpaired) electrons. The first-order valence-corrected chi connectivity index (χ1v) is 7.66. The lowest BCUT2D eigenvalue weighted by Crippen LogP contribution is -2.49. The first kappa shape index (κ1) is 15.9. The van der Waals surface area contributed by atoms with E-state index in [1.807, 2.05) is 6.92 Å². The highest BCUT2D eigenvalue weighted by molar-refractivity contribution is 4.84. The molecule has 3 heteroatoms. The van der Waals surface area contributed by atoms with Gasteiger partial charge < -0.3 is 15.3 Å². The standard InChI is InChI=1S/C15H32N2O/c1-5-9-16-13(3)14-8-7-10-17(11-14)12-15(4,18)6-2/h13-14,16,18H,5-12H2,1-4H3. The molecule has 0 aromatic heterocycles. The number of nitrogens with zero attached hydrogens (tertiary/aromatic N) is 1. The largest absolute Gasteiger partial charge is 0.389 e. The molecular weight excluding hydrogens is 224 g/mol. The summed E-state index contributed by atoms with van der Waals surface area (Å²) in [5, 5.41) is 13.8. The van der Waals surface area contributed by atoms with E-state index in [4.69, 9.17) is 0 Å². The zero-order chi connectivity index (χ0) is 13.6. The Kier molecular flexibility index (Phi) is 6.61. The van der Waals surface area contributed by atoms with Crippen molar-refractivity contribution in [2.24, 2.45) is 5.92 Å². The summed E-state index contributed by atoms with van der Waals surface area (Å²) in [5.74, 6) is 0.734. The summed E-state index contributed by atoms with van der Waals surface area (Å²) >= 11 is 0. The molecule has 18 heavy (non-hydrogen) atoms. The minimum Gasteiger partial charge on any atom is -0.389 e. The van der Waals surface area contributed by atoms with Crippen LogP contribution >= 0.6 is 0 Å². The molecular formula is C15H32N2O. The Morgan fingerprint density at radius 1 is 1.44 bits per heavy atom. The third-order valence-corrected chi connectivity index (χ3v) is 4.29. The summed E-state index contributed by atoms with van der Waals surface area (Å²) in [6, 6.07) is 0.597. The van der Waals surface area contributed by atoms with Crippen molar-refractivity contribution >= 4 is 0 Å². The average Bonchev–Trinajstić information content (AvgIpc) is 2.35. The highest BCUT2D eigenvalue weighted by Gasteiger charge is 2.28. The molecule has 0 aromatic carbocycles. The van der Waals surface area contributed by atoms with Gasteiger partial charge in [-0.05, 0) is 58.5 Å². The Balaban J connectivity index is 2.40. The van der Waals surface area contributed by atoms with Gasteiger partial charge in [0.25, 0.3) is 0 Å². The van der Waals surface area contributed by atoms with Gasteiger partial charge in [-0.25, -0.2) is 0 Å². The molecule has 1 saturated heterocycles. The van der Waals surface area contributed by atoms with Crippen molar-refractivity contribution in [3.63, 3.8) is 0 Å². The van der Waals surface area contributed by atoms with Crippen molar-refractivity contribution in [2.45, 2.75) is 65.0 Å². The monoisotopic (exact) mass is 256 g/mol.